The lowest BCUT2D eigenvalue weighted by Gasteiger charge is -2.42. The van der Waals surface area contributed by atoms with Crippen LogP contribution in [0.1, 0.15) is 25.7 Å². The van der Waals surface area contributed by atoms with E-state index in [2.05, 4.69) is 0 Å². The van der Waals surface area contributed by atoms with Gasteiger partial charge in [0.2, 0.25) is 10.0 Å². The molecule has 2 heterocycles. The average Bonchev–Trinajstić information content (AvgIpc) is 2.81. The van der Waals surface area contributed by atoms with Crippen LogP contribution in [0, 0.1) is 0 Å². The summed E-state index contributed by atoms with van der Waals surface area (Å²) in [6.45, 7) is 1.12. The fraction of sp³-hybridized carbons (Fsp3) is 0.650. The van der Waals surface area contributed by atoms with Gasteiger partial charge in [0.1, 0.15) is 5.75 Å². The summed E-state index contributed by atoms with van der Waals surface area (Å²) in [4.78, 5) is 14.3. The number of ether oxygens (including phenoxy) is 2. The van der Waals surface area contributed by atoms with E-state index in [9.17, 15) is 26.4 Å². The number of nitrogens with one attached hydrogen (secondary N) is 1. The number of alkyl halides is 3. The molecule has 2 saturated heterocycles. The van der Waals surface area contributed by atoms with Gasteiger partial charge in [0.15, 0.2) is 4.75 Å². The topological polar surface area (TPSA) is 108 Å². The molecule has 0 unspecified atom stereocenters. The largest absolute Gasteiger partial charge is 0.494 e. The van der Waals surface area contributed by atoms with E-state index in [1.807, 2.05) is 11.0 Å². The minimum Gasteiger partial charge on any atom is -0.494 e. The van der Waals surface area contributed by atoms with Crippen molar-refractivity contribution in [1.29, 1.82) is 0 Å². The highest BCUT2D eigenvalue weighted by atomic mass is 32.2. The van der Waals surface area contributed by atoms with Crippen molar-refractivity contribution in [3.05, 3.63) is 24.3 Å². The van der Waals surface area contributed by atoms with E-state index < -0.39 is 33.3 Å². The number of sulfonamides is 1. The molecule has 0 atom stereocenters. The predicted octanol–water partition coefficient (Wildman–Crippen LogP) is 1.91. The quantitative estimate of drug-likeness (QED) is 0.322. The lowest BCUT2D eigenvalue weighted by Crippen LogP contribution is -2.62. The summed E-state index contributed by atoms with van der Waals surface area (Å²) in [6.07, 6.45) is -5.36. The molecule has 1 amide bonds. The molecule has 1 aromatic rings. The molecule has 0 aromatic heterocycles. The third kappa shape index (κ3) is 5.89. The van der Waals surface area contributed by atoms with Crippen molar-refractivity contribution < 1.29 is 41.1 Å². The lowest BCUT2D eigenvalue weighted by molar-refractivity contribution is -0.136. The number of carbonyl (C=O) groups is 1. The van der Waals surface area contributed by atoms with Gasteiger partial charge in [-0.3, -0.25) is 10.0 Å². The van der Waals surface area contributed by atoms with Crippen LogP contribution in [-0.2, 0) is 19.6 Å². The Labute approximate surface area is 190 Å². The van der Waals surface area contributed by atoms with Crippen molar-refractivity contribution in [2.75, 3.05) is 50.9 Å². The standard InChI is InChI=1S/C20H28F3N3O6S/c21-20(22,23)5-2-12-32-17-4-1-3-16(15-17)25-8-10-26(11-9-25)33(29,30)19(18(27)24-28)6-13-31-14-7-19/h1,3-4,15,28H,2,5-14H2,(H,24,27). The molecule has 2 aliphatic rings. The maximum Gasteiger partial charge on any atom is 0.389 e. The fourth-order valence-corrected chi connectivity index (χ4v) is 6.17. The summed E-state index contributed by atoms with van der Waals surface area (Å²) in [5, 5.41) is 9.15. The highest BCUT2D eigenvalue weighted by molar-refractivity contribution is 7.91. The minimum absolute atomic E-state index is 0.0460. The van der Waals surface area contributed by atoms with E-state index in [1.54, 1.807) is 18.2 Å². The van der Waals surface area contributed by atoms with Crippen LogP contribution in [0.2, 0.25) is 0 Å². The SMILES string of the molecule is O=C(NO)C1(S(=O)(=O)N2CCN(c3cccc(OCCCC(F)(F)F)c3)CC2)CCOCC1. The molecule has 3 rings (SSSR count). The van der Waals surface area contributed by atoms with Crippen LogP contribution < -0.4 is 15.1 Å². The summed E-state index contributed by atoms with van der Waals surface area (Å²) in [5.41, 5.74) is 2.26. The van der Waals surface area contributed by atoms with E-state index in [-0.39, 0.29) is 52.2 Å². The molecule has 186 valence electrons. The molecule has 0 aliphatic carbocycles. The number of rotatable bonds is 8. The molecular weight excluding hydrogens is 467 g/mol. The van der Waals surface area contributed by atoms with Crippen molar-refractivity contribution >= 4 is 21.6 Å². The first-order valence-electron chi connectivity index (χ1n) is 10.7. The summed E-state index contributed by atoms with van der Waals surface area (Å²) in [7, 11) is -4.06. The summed E-state index contributed by atoms with van der Waals surface area (Å²) < 4.78 is 73.6. The Morgan fingerprint density at radius 2 is 1.85 bits per heavy atom. The normalized spacial score (nSPS) is 19.8. The van der Waals surface area contributed by atoms with Gasteiger partial charge in [-0.1, -0.05) is 6.07 Å². The molecule has 0 bridgehead atoms. The monoisotopic (exact) mass is 495 g/mol. The van der Waals surface area contributed by atoms with Crippen molar-refractivity contribution in [2.24, 2.45) is 0 Å². The lowest BCUT2D eigenvalue weighted by atomic mass is 9.98. The highest BCUT2D eigenvalue weighted by Crippen LogP contribution is 2.34. The van der Waals surface area contributed by atoms with Crippen LogP contribution in [0.15, 0.2) is 24.3 Å². The van der Waals surface area contributed by atoms with Gasteiger partial charge in [-0.05, 0) is 18.6 Å². The van der Waals surface area contributed by atoms with Gasteiger partial charge in [0.05, 0.1) is 6.61 Å². The number of benzene rings is 1. The number of piperazine rings is 1. The number of hydrogen-bond donors (Lipinski definition) is 2. The fourth-order valence-electron chi connectivity index (χ4n) is 4.07. The van der Waals surface area contributed by atoms with E-state index in [1.165, 1.54) is 9.79 Å². The third-order valence-electron chi connectivity index (χ3n) is 5.94. The van der Waals surface area contributed by atoms with Crippen LogP contribution in [0.4, 0.5) is 18.9 Å². The maximum absolute atomic E-state index is 13.4. The number of hydrogen-bond acceptors (Lipinski definition) is 7. The Morgan fingerprint density at radius 1 is 1.18 bits per heavy atom. The number of nitrogens with zero attached hydrogens (tertiary/aromatic N) is 2. The van der Waals surface area contributed by atoms with Gasteiger partial charge in [0, 0.05) is 70.4 Å². The Hall–Kier alpha value is -2.09. The molecule has 13 heteroatoms. The van der Waals surface area contributed by atoms with Crippen molar-refractivity contribution in [3.8, 4) is 5.75 Å². The first-order chi connectivity index (χ1) is 15.6. The molecule has 0 radical (unpaired) electrons. The van der Waals surface area contributed by atoms with Gasteiger partial charge < -0.3 is 14.4 Å². The van der Waals surface area contributed by atoms with Crippen LogP contribution in [0.25, 0.3) is 0 Å². The van der Waals surface area contributed by atoms with Crippen LogP contribution in [-0.4, -0.2) is 80.8 Å². The Bertz CT molecular complexity index is 914. The van der Waals surface area contributed by atoms with Gasteiger partial charge in [-0.25, -0.2) is 13.9 Å². The zero-order valence-corrected chi connectivity index (χ0v) is 18.8. The Morgan fingerprint density at radius 3 is 2.45 bits per heavy atom. The zero-order valence-electron chi connectivity index (χ0n) is 18.0. The molecule has 9 nitrogen and oxygen atoms in total. The predicted molar refractivity (Wildman–Crippen MR) is 113 cm³/mol. The number of anilines is 1. The van der Waals surface area contributed by atoms with Crippen LogP contribution in [0.3, 0.4) is 0 Å². The van der Waals surface area contributed by atoms with Gasteiger partial charge in [-0.2, -0.15) is 17.5 Å². The van der Waals surface area contributed by atoms with E-state index in [0.717, 1.165) is 5.69 Å². The second-order valence-electron chi connectivity index (χ2n) is 8.00. The van der Waals surface area contributed by atoms with E-state index >= 15 is 0 Å². The number of amides is 1. The van der Waals surface area contributed by atoms with Crippen LogP contribution in [0.5, 0.6) is 5.75 Å². The van der Waals surface area contributed by atoms with Crippen molar-refractivity contribution in [3.63, 3.8) is 0 Å². The maximum atomic E-state index is 13.4. The van der Waals surface area contributed by atoms with E-state index in [0.29, 0.717) is 18.8 Å². The van der Waals surface area contributed by atoms with Gasteiger partial charge in [-0.15, -0.1) is 0 Å². The summed E-state index contributed by atoms with van der Waals surface area (Å²) >= 11 is 0. The number of hydroxylamine groups is 1. The first-order valence-corrected chi connectivity index (χ1v) is 12.1. The van der Waals surface area contributed by atoms with Crippen molar-refractivity contribution in [1.82, 2.24) is 9.79 Å². The van der Waals surface area contributed by atoms with Crippen LogP contribution >= 0.6 is 0 Å². The number of halogens is 3. The summed E-state index contributed by atoms with van der Waals surface area (Å²) in [6, 6.07) is 6.89. The molecule has 33 heavy (non-hydrogen) atoms. The number of carbonyl (C=O) groups excluding carboxylic acids is 1. The minimum atomic E-state index is -4.22. The molecule has 0 spiro atoms. The molecule has 0 saturated carbocycles. The third-order valence-corrected chi connectivity index (χ3v) is 8.57. The Kier molecular flexibility index (Phi) is 8.08. The molecule has 2 fully saturated rings. The van der Waals surface area contributed by atoms with Gasteiger partial charge >= 0.3 is 6.18 Å². The molecular formula is C20H28F3N3O6S. The molecule has 2 N–H and O–H groups in total. The second kappa shape index (κ2) is 10.5. The summed E-state index contributed by atoms with van der Waals surface area (Å²) in [5.74, 6) is -0.519. The zero-order chi connectivity index (χ0) is 24.1. The van der Waals surface area contributed by atoms with E-state index in [4.69, 9.17) is 14.7 Å². The Balaban J connectivity index is 1.62. The van der Waals surface area contributed by atoms with Crippen molar-refractivity contribution in [2.45, 2.75) is 36.6 Å². The second-order valence-corrected chi connectivity index (χ2v) is 10.3. The first kappa shape index (κ1) is 25.5. The molecule has 1 aromatic carbocycles. The average molecular weight is 496 g/mol. The smallest absolute Gasteiger partial charge is 0.389 e. The highest BCUT2D eigenvalue weighted by Gasteiger charge is 2.54. The molecule has 2 aliphatic heterocycles. The van der Waals surface area contributed by atoms with Gasteiger partial charge in [0.25, 0.3) is 5.91 Å².